The Morgan fingerprint density at radius 3 is 2.37 bits per heavy atom. The van der Waals surface area contributed by atoms with Crippen molar-refractivity contribution in [3.8, 4) is 0 Å². The summed E-state index contributed by atoms with van der Waals surface area (Å²) in [6.07, 6.45) is 7.62. The number of hydrogen-bond donors (Lipinski definition) is 1. The maximum atomic E-state index is 4.53. The molecule has 1 aromatic heterocycles. The van der Waals surface area contributed by atoms with Gasteiger partial charge in [-0.2, -0.15) is 0 Å². The predicted octanol–water partition coefficient (Wildman–Crippen LogP) is 2.74. The van der Waals surface area contributed by atoms with Crippen LogP contribution in [0.15, 0.2) is 12.4 Å². The molecular weight excluding hydrogens is 236 g/mol. The monoisotopic (exact) mass is 262 g/mol. The highest BCUT2D eigenvalue weighted by atomic mass is 15.3. The molecule has 4 heteroatoms. The second kappa shape index (κ2) is 5.87. The van der Waals surface area contributed by atoms with Gasteiger partial charge in [0.05, 0.1) is 0 Å². The first kappa shape index (κ1) is 14.3. The number of nitrogens with one attached hydrogen (secondary N) is 1. The van der Waals surface area contributed by atoms with Gasteiger partial charge in [-0.1, -0.05) is 6.92 Å². The van der Waals surface area contributed by atoms with Crippen LogP contribution in [0, 0.1) is 0 Å². The molecule has 19 heavy (non-hydrogen) atoms. The molecule has 4 nitrogen and oxygen atoms in total. The Bertz CT molecular complexity index is 390. The highest BCUT2D eigenvalue weighted by Gasteiger charge is 2.30. The molecule has 0 radical (unpaired) electrons. The summed E-state index contributed by atoms with van der Waals surface area (Å²) in [4.78, 5) is 11.4. The second-order valence-corrected chi connectivity index (χ2v) is 6.42. The number of hydrogen-bond acceptors (Lipinski definition) is 4. The number of aromatic nitrogens is 2. The fourth-order valence-corrected chi connectivity index (χ4v) is 2.03. The molecule has 0 saturated heterocycles. The molecule has 2 rings (SSSR count). The Kier molecular flexibility index (Phi) is 4.40. The van der Waals surface area contributed by atoms with Gasteiger partial charge in [0.2, 0.25) is 5.95 Å². The zero-order valence-corrected chi connectivity index (χ0v) is 12.6. The van der Waals surface area contributed by atoms with E-state index in [1.807, 2.05) is 12.4 Å². The highest BCUT2D eigenvalue weighted by molar-refractivity contribution is 5.33. The van der Waals surface area contributed by atoms with Gasteiger partial charge >= 0.3 is 0 Å². The fraction of sp³-hybridized carbons (Fsp3) is 0.733. The SMILES string of the molecule is CCCN(c1ncc(CNC(C)(C)C)cn1)C1CC1. The lowest BCUT2D eigenvalue weighted by molar-refractivity contribution is 0.423. The number of anilines is 1. The topological polar surface area (TPSA) is 41.1 Å². The van der Waals surface area contributed by atoms with E-state index in [4.69, 9.17) is 0 Å². The quantitative estimate of drug-likeness (QED) is 0.856. The van der Waals surface area contributed by atoms with Gasteiger partial charge in [-0.25, -0.2) is 9.97 Å². The largest absolute Gasteiger partial charge is 0.338 e. The van der Waals surface area contributed by atoms with Crippen molar-refractivity contribution in [1.82, 2.24) is 15.3 Å². The summed E-state index contributed by atoms with van der Waals surface area (Å²) in [6.45, 7) is 10.6. The summed E-state index contributed by atoms with van der Waals surface area (Å²) in [7, 11) is 0. The van der Waals surface area contributed by atoms with E-state index < -0.39 is 0 Å². The minimum Gasteiger partial charge on any atom is -0.338 e. The third-order valence-electron chi connectivity index (χ3n) is 3.22. The van der Waals surface area contributed by atoms with E-state index >= 15 is 0 Å². The Hall–Kier alpha value is -1.16. The van der Waals surface area contributed by atoms with Crippen molar-refractivity contribution in [1.29, 1.82) is 0 Å². The molecule has 0 spiro atoms. The normalized spacial score (nSPS) is 15.6. The van der Waals surface area contributed by atoms with Gasteiger partial charge in [0.25, 0.3) is 0 Å². The van der Waals surface area contributed by atoms with E-state index in [2.05, 4.69) is 47.9 Å². The van der Waals surface area contributed by atoms with Gasteiger partial charge in [-0.15, -0.1) is 0 Å². The zero-order chi connectivity index (χ0) is 13.9. The third kappa shape index (κ3) is 4.46. The maximum Gasteiger partial charge on any atom is 0.225 e. The van der Waals surface area contributed by atoms with Crippen LogP contribution in [0.1, 0.15) is 52.5 Å². The van der Waals surface area contributed by atoms with Crippen molar-refractivity contribution in [2.75, 3.05) is 11.4 Å². The molecule has 0 amide bonds. The smallest absolute Gasteiger partial charge is 0.225 e. The van der Waals surface area contributed by atoms with Crippen molar-refractivity contribution in [2.24, 2.45) is 0 Å². The van der Waals surface area contributed by atoms with E-state index in [1.54, 1.807) is 0 Å². The van der Waals surface area contributed by atoms with E-state index in [1.165, 1.54) is 12.8 Å². The van der Waals surface area contributed by atoms with Crippen LogP contribution in [0.2, 0.25) is 0 Å². The molecule has 1 N–H and O–H groups in total. The first-order valence-corrected chi connectivity index (χ1v) is 7.32. The Morgan fingerprint density at radius 2 is 1.89 bits per heavy atom. The lowest BCUT2D eigenvalue weighted by Crippen LogP contribution is -2.35. The first-order chi connectivity index (χ1) is 8.99. The van der Waals surface area contributed by atoms with Crippen LogP contribution in [0.5, 0.6) is 0 Å². The molecule has 0 aliphatic heterocycles. The summed E-state index contributed by atoms with van der Waals surface area (Å²) in [5.41, 5.74) is 1.27. The molecule has 0 atom stereocenters. The highest BCUT2D eigenvalue weighted by Crippen LogP contribution is 2.29. The molecule has 1 aliphatic carbocycles. The minimum absolute atomic E-state index is 0.126. The molecule has 1 aromatic rings. The predicted molar refractivity (Wildman–Crippen MR) is 79.3 cm³/mol. The van der Waals surface area contributed by atoms with Crippen LogP contribution in [0.3, 0.4) is 0 Å². The molecule has 106 valence electrons. The fourth-order valence-electron chi connectivity index (χ4n) is 2.03. The summed E-state index contributed by atoms with van der Waals surface area (Å²) < 4.78 is 0. The summed E-state index contributed by atoms with van der Waals surface area (Å²) in [5, 5.41) is 3.45. The lowest BCUT2D eigenvalue weighted by Gasteiger charge is -2.22. The van der Waals surface area contributed by atoms with E-state index in [9.17, 15) is 0 Å². The molecule has 0 unspecified atom stereocenters. The van der Waals surface area contributed by atoms with Crippen molar-refractivity contribution in [3.63, 3.8) is 0 Å². The van der Waals surface area contributed by atoms with Gasteiger partial charge in [0.1, 0.15) is 0 Å². The van der Waals surface area contributed by atoms with Crippen LogP contribution in [0.25, 0.3) is 0 Å². The average Bonchev–Trinajstić information content (AvgIpc) is 3.18. The number of nitrogens with zero attached hydrogens (tertiary/aromatic N) is 3. The third-order valence-corrected chi connectivity index (χ3v) is 3.22. The molecule has 1 saturated carbocycles. The van der Waals surface area contributed by atoms with Crippen LogP contribution in [-0.4, -0.2) is 28.1 Å². The summed E-state index contributed by atoms with van der Waals surface area (Å²) in [6, 6.07) is 0.679. The minimum atomic E-state index is 0.126. The van der Waals surface area contributed by atoms with Gasteiger partial charge in [0.15, 0.2) is 0 Å². The average molecular weight is 262 g/mol. The molecule has 1 aliphatic rings. The van der Waals surface area contributed by atoms with Gasteiger partial charge in [-0.3, -0.25) is 0 Å². The van der Waals surface area contributed by atoms with Gasteiger partial charge in [-0.05, 0) is 40.0 Å². The van der Waals surface area contributed by atoms with E-state index in [0.29, 0.717) is 6.04 Å². The van der Waals surface area contributed by atoms with Crippen LogP contribution >= 0.6 is 0 Å². The molecule has 0 aromatic carbocycles. The van der Waals surface area contributed by atoms with Gasteiger partial charge in [0, 0.05) is 42.6 Å². The summed E-state index contributed by atoms with van der Waals surface area (Å²) in [5.74, 6) is 0.892. The Balaban J connectivity index is 1.96. The molecule has 1 fully saturated rings. The van der Waals surface area contributed by atoms with Crippen LogP contribution < -0.4 is 10.2 Å². The molecule has 1 heterocycles. The molecular formula is C15H26N4. The van der Waals surface area contributed by atoms with E-state index in [0.717, 1.165) is 31.0 Å². The van der Waals surface area contributed by atoms with Gasteiger partial charge < -0.3 is 10.2 Å². The standard InChI is InChI=1S/C15H26N4/c1-5-8-19(13-6-7-13)14-16-9-12(10-17-14)11-18-15(2,3)4/h9-10,13,18H,5-8,11H2,1-4H3. The van der Waals surface area contributed by atoms with Crippen molar-refractivity contribution < 1.29 is 0 Å². The summed E-state index contributed by atoms with van der Waals surface area (Å²) >= 11 is 0. The number of rotatable bonds is 6. The van der Waals surface area contributed by atoms with Crippen molar-refractivity contribution in [2.45, 2.75) is 65.1 Å². The first-order valence-electron chi connectivity index (χ1n) is 7.32. The van der Waals surface area contributed by atoms with Crippen LogP contribution in [-0.2, 0) is 6.54 Å². The lowest BCUT2D eigenvalue weighted by atomic mass is 10.1. The maximum absolute atomic E-state index is 4.53. The van der Waals surface area contributed by atoms with Crippen molar-refractivity contribution in [3.05, 3.63) is 18.0 Å². The van der Waals surface area contributed by atoms with E-state index in [-0.39, 0.29) is 5.54 Å². The Morgan fingerprint density at radius 1 is 1.26 bits per heavy atom. The second-order valence-electron chi connectivity index (χ2n) is 6.42. The van der Waals surface area contributed by atoms with Crippen LogP contribution in [0.4, 0.5) is 5.95 Å². The van der Waals surface area contributed by atoms with Crippen molar-refractivity contribution >= 4 is 5.95 Å². The zero-order valence-electron chi connectivity index (χ0n) is 12.6. The Labute approximate surface area is 116 Å². The molecule has 0 bridgehead atoms.